The standard InChI is InChI=1S/C32H22ClFN10O7/c33-20-13-24(37-29(45)22-1-3-27(41-39-22)43-8-6-35-15-43)18(31(47)48)11-17(20)5-10-51-26-14-25(19(32(49)50)12-21(26)34)38-30(46)23-2-4-28(42-40-23)44-9-7-36-16-44/h1-4,6-9,11-16H,5,10H2,(H,37,45)(H,38,46)(H,47,48)(H,49,50). The van der Waals surface area contributed by atoms with Crippen LogP contribution in [0.2, 0.25) is 5.02 Å². The molecule has 2 amide bonds. The van der Waals surface area contributed by atoms with Crippen LogP contribution in [0.25, 0.3) is 11.6 Å². The maximum Gasteiger partial charge on any atom is 0.337 e. The highest BCUT2D eigenvalue weighted by Crippen LogP contribution is 2.29. The van der Waals surface area contributed by atoms with Gasteiger partial charge >= 0.3 is 11.9 Å². The fraction of sp³-hybridized carbons (Fsp3) is 0.0625. The van der Waals surface area contributed by atoms with Crippen molar-refractivity contribution in [3.63, 3.8) is 0 Å². The topological polar surface area (TPSA) is 229 Å². The number of hydrogen-bond donors (Lipinski definition) is 4. The van der Waals surface area contributed by atoms with Gasteiger partial charge in [-0.3, -0.25) is 18.7 Å². The number of ether oxygens (including phenoxy) is 1. The number of aromatic nitrogens is 8. The number of anilines is 2. The molecule has 0 aliphatic carbocycles. The SMILES string of the molecule is O=C(Nc1cc(OCCc2cc(C(=O)O)c(NC(=O)c3ccc(-n4ccnc4)nn3)cc2Cl)c(F)cc1C(=O)O)c1ccc(-n2ccnc2)nn1. The second kappa shape index (κ2) is 14.6. The molecule has 51 heavy (non-hydrogen) atoms. The number of carboxylic acids is 2. The van der Waals surface area contributed by atoms with E-state index in [9.17, 15) is 33.8 Å². The molecule has 0 aliphatic heterocycles. The van der Waals surface area contributed by atoms with Crippen molar-refractivity contribution in [1.82, 2.24) is 39.5 Å². The van der Waals surface area contributed by atoms with Crippen molar-refractivity contribution in [1.29, 1.82) is 0 Å². The van der Waals surface area contributed by atoms with Crippen LogP contribution >= 0.6 is 11.6 Å². The van der Waals surface area contributed by atoms with E-state index in [4.69, 9.17) is 16.3 Å². The first-order valence-corrected chi connectivity index (χ1v) is 15.0. The zero-order valence-corrected chi connectivity index (χ0v) is 26.5. The summed E-state index contributed by atoms with van der Waals surface area (Å²) >= 11 is 6.42. The van der Waals surface area contributed by atoms with Crippen LogP contribution in [0.5, 0.6) is 5.75 Å². The van der Waals surface area contributed by atoms with Crippen molar-refractivity contribution in [2.24, 2.45) is 0 Å². The average molecular weight is 713 g/mol. The highest BCUT2D eigenvalue weighted by atomic mass is 35.5. The third-order valence-electron chi connectivity index (χ3n) is 7.15. The summed E-state index contributed by atoms with van der Waals surface area (Å²) in [7, 11) is 0. The number of imidazole rings is 2. The summed E-state index contributed by atoms with van der Waals surface area (Å²) in [6.07, 6.45) is 9.30. The molecule has 4 heterocycles. The van der Waals surface area contributed by atoms with Crippen molar-refractivity contribution in [3.05, 3.63) is 125 Å². The number of carbonyl (C=O) groups excluding carboxylic acids is 2. The fourth-order valence-electron chi connectivity index (χ4n) is 4.64. The van der Waals surface area contributed by atoms with E-state index < -0.39 is 40.9 Å². The molecule has 0 saturated heterocycles. The minimum absolute atomic E-state index is 0.0325. The second-order valence-electron chi connectivity index (χ2n) is 10.4. The second-order valence-corrected chi connectivity index (χ2v) is 10.8. The van der Waals surface area contributed by atoms with Gasteiger partial charge in [0.1, 0.15) is 12.7 Å². The lowest BCUT2D eigenvalue weighted by molar-refractivity contribution is 0.0686. The number of carboxylic acid groups (broad SMARTS) is 2. The summed E-state index contributed by atoms with van der Waals surface area (Å²) in [6, 6.07) is 9.95. The molecule has 0 saturated carbocycles. The Morgan fingerprint density at radius 1 is 0.745 bits per heavy atom. The van der Waals surface area contributed by atoms with Gasteiger partial charge in [0, 0.05) is 42.3 Å². The Morgan fingerprint density at radius 2 is 1.27 bits per heavy atom. The highest BCUT2D eigenvalue weighted by Gasteiger charge is 2.21. The van der Waals surface area contributed by atoms with Crippen molar-refractivity contribution < 1.29 is 38.5 Å². The maximum absolute atomic E-state index is 14.9. The van der Waals surface area contributed by atoms with E-state index in [0.29, 0.717) is 17.7 Å². The number of rotatable bonds is 12. The molecule has 0 aliphatic rings. The van der Waals surface area contributed by atoms with E-state index in [2.05, 4.69) is 41.0 Å². The lowest BCUT2D eigenvalue weighted by Gasteiger charge is -2.14. The lowest BCUT2D eigenvalue weighted by Crippen LogP contribution is -2.18. The van der Waals surface area contributed by atoms with E-state index in [1.165, 1.54) is 55.2 Å². The van der Waals surface area contributed by atoms with Gasteiger partial charge in [-0.1, -0.05) is 11.6 Å². The van der Waals surface area contributed by atoms with Crippen molar-refractivity contribution in [2.45, 2.75) is 6.42 Å². The summed E-state index contributed by atoms with van der Waals surface area (Å²) in [4.78, 5) is 57.5. The van der Waals surface area contributed by atoms with E-state index in [-0.39, 0.29) is 51.9 Å². The van der Waals surface area contributed by atoms with Gasteiger partial charge in [-0.15, -0.1) is 20.4 Å². The lowest BCUT2D eigenvalue weighted by atomic mass is 10.1. The molecule has 256 valence electrons. The molecule has 6 aromatic rings. The minimum atomic E-state index is -1.52. The van der Waals surface area contributed by atoms with E-state index in [1.54, 1.807) is 27.7 Å². The van der Waals surface area contributed by atoms with Gasteiger partial charge in [0.15, 0.2) is 34.6 Å². The van der Waals surface area contributed by atoms with Crippen molar-refractivity contribution >= 4 is 46.7 Å². The molecular formula is C32H22ClFN10O7. The van der Waals surface area contributed by atoms with Crippen LogP contribution < -0.4 is 15.4 Å². The van der Waals surface area contributed by atoms with Gasteiger partial charge in [-0.25, -0.2) is 23.9 Å². The molecule has 0 atom stereocenters. The van der Waals surface area contributed by atoms with Crippen LogP contribution in [0.3, 0.4) is 0 Å². The zero-order valence-electron chi connectivity index (χ0n) is 25.8. The van der Waals surface area contributed by atoms with Gasteiger partial charge in [0.25, 0.3) is 11.8 Å². The number of benzene rings is 2. The Labute approximate surface area is 290 Å². The van der Waals surface area contributed by atoms with Crippen LogP contribution in [0.4, 0.5) is 15.8 Å². The number of halogens is 2. The fourth-order valence-corrected chi connectivity index (χ4v) is 4.89. The number of nitrogens with zero attached hydrogens (tertiary/aromatic N) is 8. The molecule has 17 nitrogen and oxygen atoms in total. The summed E-state index contributed by atoms with van der Waals surface area (Å²) < 4.78 is 23.6. The predicted octanol–water partition coefficient (Wildman–Crippen LogP) is 3.95. The number of hydrogen-bond acceptors (Lipinski definition) is 11. The molecule has 0 unspecified atom stereocenters. The first kappa shape index (κ1) is 33.8. The van der Waals surface area contributed by atoms with Gasteiger partial charge < -0.3 is 25.6 Å². The van der Waals surface area contributed by atoms with Crippen molar-refractivity contribution in [3.8, 4) is 17.4 Å². The molecule has 2 aromatic carbocycles. The number of amides is 2. The molecule has 19 heteroatoms. The highest BCUT2D eigenvalue weighted by molar-refractivity contribution is 6.32. The summed E-state index contributed by atoms with van der Waals surface area (Å²) in [6.45, 7) is -0.249. The van der Waals surface area contributed by atoms with E-state index in [0.717, 1.165) is 6.07 Å². The van der Waals surface area contributed by atoms with Crippen LogP contribution in [-0.4, -0.2) is 80.1 Å². The summed E-state index contributed by atoms with van der Waals surface area (Å²) in [5, 5.41) is 40.1. The molecule has 4 N–H and O–H groups in total. The zero-order chi connectivity index (χ0) is 36.1. The van der Waals surface area contributed by atoms with Crippen LogP contribution in [0.1, 0.15) is 47.3 Å². The smallest absolute Gasteiger partial charge is 0.337 e. The van der Waals surface area contributed by atoms with Gasteiger partial charge in [0.05, 0.1) is 29.1 Å². The maximum atomic E-state index is 14.9. The van der Waals surface area contributed by atoms with Crippen LogP contribution in [0, 0.1) is 5.82 Å². The predicted molar refractivity (Wildman–Crippen MR) is 175 cm³/mol. The van der Waals surface area contributed by atoms with Crippen LogP contribution in [0.15, 0.2) is 86.0 Å². The Bertz CT molecular complexity index is 2250. The molecular weight excluding hydrogens is 691 g/mol. The normalized spacial score (nSPS) is 10.8. The minimum Gasteiger partial charge on any atom is -0.490 e. The Morgan fingerprint density at radius 3 is 1.75 bits per heavy atom. The van der Waals surface area contributed by atoms with Gasteiger partial charge in [-0.05, 0) is 48.0 Å². The molecule has 0 radical (unpaired) electrons. The Hall–Kier alpha value is -7.08. The average Bonchev–Trinajstić information content (AvgIpc) is 3.86. The first-order chi connectivity index (χ1) is 24.6. The van der Waals surface area contributed by atoms with E-state index in [1.807, 2.05) is 0 Å². The largest absolute Gasteiger partial charge is 0.490 e. The number of nitrogens with one attached hydrogen (secondary N) is 2. The molecule has 0 fully saturated rings. The summed E-state index contributed by atoms with van der Waals surface area (Å²) in [5.41, 5.74) is -1.20. The number of carbonyl (C=O) groups is 4. The quantitative estimate of drug-likeness (QED) is 0.141. The summed E-state index contributed by atoms with van der Waals surface area (Å²) in [5.74, 6) is -5.10. The third kappa shape index (κ3) is 7.65. The monoisotopic (exact) mass is 712 g/mol. The van der Waals surface area contributed by atoms with Gasteiger partial charge in [0.2, 0.25) is 0 Å². The first-order valence-electron chi connectivity index (χ1n) is 14.6. The molecule has 4 aromatic heterocycles. The molecule has 0 bridgehead atoms. The molecule has 6 rings (SSSR count). The molecule has 0 spiro atoms. The third-order valence-corrected chi connectivity index (χ3v) is 7.50. The Kier molecular flexibility index (Phi) is 9.67. The Balaban J connectivity index is 1.14. The number of aromatic carboxylic acids is 2. The van der Waals surface area contributed by atoms with Crippen molar-refractivity contribution in [2.75, 3.05) is 17.2 Å². The van der Waals surface area contributed by atoms with E-state index >= 15 is 0 Å². The van der Waals surface area contributed by atoms with Crippen LogP contribution in [-0.2, 0) is 6.42 Å². The van der Waals surface area contributed by atoms with Gasteiger partial charge in [-0.2, -0.15) is 0 Å².